The first-order valence-electron chi connectivity index (χ1n) is 14.5. The molecule has 0 radical (unpaired) electrons. The van der Waals surface area contributed by atoms with E-state index >= 15 is 0 Å². The number of aliphatic hydroxyl groups is 4. The van der Waals surface area contributed by atoms with E-state index in [9.17, 15) is 25.2 Å². The molecule has 4 saturated carbocycles. The average Bonchev–Trinajstić information content (AvgIpc) is 2.86. The van der Waals surface area contributed by atoms with E-state index in [-0.39, 0.29) is 34.7 Å². The molecule has 6 nitrogen and oxygen atoms in total. The molecule has 5 aliphatic carbocycles. The summed E-state index contributed by atoms with van der Waals surface area (Å²) >= 11 is 0. The van der Waals surface area contributed by atoms with Gasteiger partial charge in [0.1, 0.15) is 0 Å². The van der Waals surface area contributed by atoms with Gasteiger partial charge in [0.05, 0.1) is 37.4 Å². The lowest BCUT2D eigenvalue weighted by Crippen LogP contribution is -2.68. The Morgan fingerprint density at radius 1 is 0.919 bits per heavy atom. The van der Waals surface area contributed by atoms with Crippen LogP contribution < -0.4 is 0 Å². The number of carbonyl (C=O) groups is 1. The van der Waals surface area contributed by atoms with E-state index in [4.69, 9.17) is 4.74 Å². The summed E-state index contributed by atoms with van der Waals surface area (Å²) in [5, 5.41) is 44.0. The number of fused-ring (bicyclic) bond motifs is 7. The molecule has 0 aromatic heterocycles. The third-order valence-electron chi connectivity index (χ3n) is 13.9. The minimum atomic E-state index is -1.16. The van der Waals surface area contributed by atoms with Gasteiger partial charge in [0.15, 0.2) is 0 Å². The molecule has 5 rings (SSSR count). The van der Waals surface area contributed by atoms with Crippen molar-refractivity contribution in [2.45, 2.75) is 111 Å². The van der Waals surface area contributed by atoms with Gasteiger partial charge in [0.25, 0.3) is 0 Å². The first-order valence-corrected chi connectivity index (χ1v) is 14.5. The second-order valence-corrected chi connectivity index (χ2v) is 15.1. The summed E-state index contributed by atoms with van der Waals surface area (Å²) in [6.07, 6.45) is 6.71. The molecule has 0 saturated heterocycles. The molecule has 0 aromatic carbocycles. The zero-order chi connectivity index (χ0) is 27.4. The molecule has 4 N–H and O–H groups in total. The first-order chi connectivity index (χ1) is 17.1. The van der Waals surface area contributed by atoms with Crippen LogP contribution in [0.5, 0.6) is 0 Å². The Labute approximate surface area is 222 Å². The van der Waals surface area contributed by atoms with Crippen molar-refractivity contribution in [3.05, 3.63) is 11.6 Å². The van der Waals surface area contributed by atoms with E-state index in [1.165, 1.54) is 12.7 Å². The van der Waals surface area contributed by atoms with E-state index in [1.807, 2.05) is 0 Å². The molecule has 0 aliphatic heterocycles. The Hall–Kier alpha value is -0.950. The quantitative estimate of drug-likeness (QED) is 0.322. The summed E-state index contributed by atoms with van der Waals surface area (Å²) in [5.41, 5.74) is -0.781. The van der Waals surface area contributed by atoms with E-state index in [0.717, 1.165) is 44.9 Å². The smallest absolute Gasteiger partial charge is 0.314 e. The van der Waals surface area contributed by atoms with Gasteiger partial charge in [-0.25, -0.2) is 0 Å². The second kappa shape index (κ2) is 8.28. The Kier molecular flexibility index (Phi) is 6.18. The van der Waals surface area contributed by atoms with Gasteiger partial charge in [-0.2, -0.15) is 0 Å². The summed E-state index contributed by atoms with van der Waals surface area (Å²) in [6, 6.07) is 0. The summed E-state index contributed by atoms with van der Waals surface area (Å²) in [7, 11) is 1.36. The Balaban J connectivity index is 1.59. The number of esters is 1. The predicted molar refractivity (Wildman–Crippen MR) is 141 cm³/mol. The number of aliphatic hydroxyl groups excluding tert-OH is 4. The maximum Gasteiger partial charge on any atom is 0.314 e. The van der Waals surface area contributed by atoms with Crippen molar-refractivity contribution >= 4 is 5.97 Å². The lowest BCUT2D eigenvalue weighted by atomic mass is 9.33. The summed E-state index contributed by atoms with van der Waals surface area (Å²) in [4.78, 5) is 12.9. The largest absolute Gasteiger partial charge is 0.469 e. The molecule has 0 bridgehead atoms. The van der Waals surface area contributed by atoms with E-state index in [1.54, 1.807) is 6.92 Å². The highest BCUT2D eigenvalue weighted by Crippen LogP contribution is 2.75. The lowest BCUT2D eigenvalue weighted by molar-refractivity contribution is -0.229. The molecule has 6 heteroatoms. The fourth-order valence-electron chi connectivity index (χ4n) is 11.0. The van der Waals surface area contributed by atoms with Crippen LogP contribution in [-0.2, 0) is 9.53 Å². The highest BCUT2D eigenvalue weighted by molar-refractivity contribution is 5.77. The first kappa shape index (κ1) is 27.6. The Morgan fingerprint density at radius 3 is 2.22 bits per heavy atom. The molecule has 12 atom stereocenters. The minimum absolute atomic E-state index is 0.00654. The predicted octanol–water partition coefficient (Wildman–Crippen LogP) is 4.24. The van der Waals surface area contributed by atoms with Crippen molar-refractivity contribution < 1.29 is 30.0 Å². The van der Waals surface area contributed by atoms with Crippen molar-refractivity contribution in [1.82, 2.24) is 0 Å². The number of ether oxygens (including phenoxy) is 1. The Morgan fingerprint density at radius 2 is 1.59 bits per heavy atom. The van der Waals surface area contributed by atoms with Crippen LogP contribution in [0.15, 0.2) is 11.6 Å². The van der Waals surface area contributed by atoms with Crippen LogP contribution in [0.1, 0.15) is 92.9 Å². The molecule has 0 aromatic rings. The fraction of sp³-hybridized carbons (Fsp3) is 0.903. The van der Waals surface area contributed by atoms with E-state index in [0.29, 0.717) is 12.3 Å². The van der Waals surface area contributed by atoms with Crippen molar-refractivity contribution in [3.63, 3.8) is 0 Å². The number of methoxy groups -OCH3 is 1. The van der Waals surface area contributed by atoms with Crippen LogP contribution in [0, 0.1) is 50.2 Å². The maximum absolute atomic E-state index is 12.9. The maximum atomic E-state index is 12.9. The van der Waals surface area contributed by atoms with Crippen LogP contribution >= 0.6 is 0 Å². The highest BCUT2D eigenvalue weighted by Gasteiger charge is 2.70. The standard InChI is InChI=1S/C31H50O6/c1-26-14-15-30(5)18(19(26)16-28(3,25(36)37-7)24(35)23(26)34)8-9-21-27(2)12-11-22(33)29(4,17-32)20(27)10-13-31(21,30)6/h8,19-24,32-35H,9-17H2,1-7H3/t19-,20-,21+,22-,23+,24-,26+,27-,28-,29+,30+,31+/m0/s1. The molecule has 37 heavy (non-hydrogen) atoms. The molecular formula is C31H50O6. The third-order valence-corrected chi connectivity index (χ3v) is 13.9. The van der Waals surface area contributed by atoms with E-state index in [2.05, 4.69) is 40.7 Å². The lowest BCUT2D eigenvalue weighted by Gasteiger charge is -2.71. The minimum Gasteiger partial charge on any atom is -0.469 e. The third kappa shape index (κ3) is 3.16. The van der Waals surface area contributed by atoms with Crippen LogP contribution in [0.25, 0.3) is 0 Å². The van der Waals surface area contributed by atoms with Crippen molar-refractivity contribution in [2.75, 3.05) is 13.7 Å². The van der Waals surface area contributed by atoms with Crippen LogP contribution in [0.2, 0.25) is 0 Å². The van der Waals surface area contributed by atoms with Gasteiger partial charge in [0.2, 0.25) is 0 Å². The monoisotopic (exact) mass is 518 g/mol. The van der Waals surface area contributed by atoms with Crippen molar-refractivity contribution in [3.8, 4) is 0 Å². The number of rotatable bonds is 2. The second-order valence-electron chi connectivity index (χ2n) is 15.1. The zero-order valence-corrected chi connectivity index (χ0v) is 24.0. The van der Waals surface area contributed by atoms with Gasteiger partial charge in [-0.1, -0.05) is 46.3 Å². The molecule has 0 unspecified atom stereocenters. The van der Waals surface area contributed by atoms with Crippen LogP contribution in [-0.4, -0.2) is 58.4 Å². The summed E-state index contributed by atoms with van der Waals surface area (Å²) in [5.74, 6) is 0.244. The number of hydrogen-bond acceptors (Lipinski definition) is 6. The van der Waals surface area contributed by atoms with Gasteiger partial charge in [-0.3, -0.25) is 4.79 Å². The van der Waals surface area contributed by atoms with Gasteiger partial charge in [-0.05, 0) is 92.3 Å². The van der Waals surface area contributed by atoms with Gasteiger partial charge < -0.3 is 25.2 Å². The Bertz CT molecular complexity index is 994. The number of allylic oxidation sites excluding steroid dienone is 2. The zero-order valence-electron chi connectivity index (χ0n) is 24.0. The SMILES string of the molecule is COC(=O)[C@@]1(C)C[C@H]2C3=CC[C@@H]4[C@@]5(C)CC[C@H](O)[C@](C)(CO)[C@H]5CC[C@@]4(C)[C@]3(C)CC[C@@]2(C)[C@H](O)[C@@H]1O. The molecular weight excluding hydrogens is 468 g/mol. The average molecular weight is 519 g/mol. The highest BCUT2D eigenvalue weighted by atomic mass is 16.5. The van der Waals surface area contributed by atoms with Gasteiger partial charge in [-0.15, -0.1) is 0 Å². The fourth-order valence-corrected chi connectivity index (χ4v) is 11.0. The van der Waals surface area contributed by atoms with E-state index < -0.39 is 40.5 Å². The van der Waals surface area contributed by atoms with Crippen molar-refractivity contribution in [1.29, 1.82) is 0 Å². The summed E-state index contributed by atoms with van der Waals surface area (Å²) in [6.45, 7) is 13.3. The molecule has 0 spiro atoms. The normalized spacial score (nSPS) is 57.2. The van der Waals surface area contributed by atoms with Crippen molar-refractivity contribution in [2.24, 2.45) is 50.2 Å². The molecule has 210 valence electrons. The summed E-state index contributed by atoms with van der Waals surface area (Å²) < 4.78 is 5.13. The topological polar surface area (TPSA) is 107 Å². The van der Waals surface area contributed by atoms with Gasteiger partial charge >= 0.3 is 5.97 Å². The van der Waals surface area contributed by atoms with Crippen LogP contribution in [0.3, 0.4) is 0 Å². The molecule has 0 heterocycles. The number of carbonyl (C=O) groups excluding carboxylic acids is 1. The van der Waals surface area contributed by atoms with Crippen LogP contribution in [0.4, 0.5) is 0 Å². The molecule has 4 fully saturated rings. The molecule has 5 aliphatic rings. The van der Waals surface area contributed by atoms with Gasteiger partial charge in [0, 0.05) is 10.8 Å². The molecule has 0 amide bonds. The number of hydrogen-bond donors (Lipinski definition) is 4.